The van der Waals surface area contributed by atoms with Gasteiger partial charge in [0.25, 0.3) is 10.1 Å². The molecule has 1 aliphatic carbocycles. The molecule has 0 amide bonds. The van der Waals surface area contributed by atoms with Crippen molar-refractivity contribution in [3.63, 3.8) is 0 Å². The van der Waals surface area contributed by atoms with Gasteiger partial charge in [0.05, 0.1) is 29.1 Å². The third kappa shape index (κ3) is 5.18. The SMILES string of the molecule is [2H]C1(C(=O)OCC)CCC(OS(=O)(=O)c2ccc(C(F)(F)F)cc2)CC1. The zero-order valence-corrected chi connectivity index (χ0v) is 14.3. The van der Waals surface area contributed by atoms with E-state index in [2.05, 4.69) is 0 Å². The van der Waals surface area contributed by atoms with Gasteiger partial charge in [-0.1, -0.05) is 0 Å². The Morgan fingerprint density at radius 1 is 1.20 bits per heavy atom. The summed E-state index contributed by atoms with van der Waals surface area (Å²) in [7, 11) is -4.23. The highest BCUT2D eigenvalue weighted by Crippen LogP contribution is 2.32. The van der Waals surface area contributed by atoms with Gasteiger partial charge >= 0.3 is 12.1 Å². The Bertz CT molecular complexity index is 738. The Labute approximate surface area is 145 Å². The zero-order chi connectivity index (χ0) is 19.6. The van der Waals surface area contributed by atoms with E-state index in [0.717, 1.165) is 12.1 Å². The number of alkyl halides is 3. The van der Waals surface area contributed by atoms with E-state index in [1.807, 2.05) is 0 Å². The lowest BCUT2D eigenvalue weighted by Gasteiger charge is -2.26. The minimum atomic E-state index is -4.56. The predicted molar refractivity (Wildman–Crippen MR) is 82.1 cm³/mol. The molecular formula is C16H19F3O5S. The predicted octanol–water partition coefficient (Wildman–Crippen LogP) is 3.53. The second-order valence-electron chi connectivity index (χ2n) is 5.60. The first-order chi connectivity index (χ1) is 12.0. The smallest absolute Gasteiger partial charge is 0.416 e. The Morgan fingerprint density at radius 3 is 2.24 bits per heavy atom. The lowest BCUT2D eigenvalue weighted by molar-refractivity contribution is -0.149. The van der Waals surface area contributed by atoms with Crippen LogP contribution < -0.4 is 0 Å². The van der Waals surface area contributed by atoms with Crippen LogP contribution in [0.25, 0.3) is 0 Å². The Hall–Kier alpha value is -1.61. The Morgan fingerprint density at radius 2 is 1.76 bits per heavy atom. The van der Waals surface area contributed by atoms with Crippen molar-refractivity contribution in [2.24, 2.45) is 5.89 Å². The van der Waals surface area contributed by atoms with Crippen molar-refractivity contribution >= 4 is 16.1 Å². The van der Waals surface area contributed by atoms with E-state index in [4.69, 9.17) is 10.3 Å². The minimum absolute atomic E-state index is 0.0824. The summed E-state index contributed by atoms with van der Waals surface area (Å²) in [5, 5.41) is 0. The zero-order valence-electron chi connectivity index (χ0n) is 14.5. The molecule has 0 bridgehead atoms. The molecule has 1 aromatic carbocycles. The summed E-state index contributed by atoms with van der Waals surface area (Å²) < 4.78 is 80.1. The van der Waals surface area contributed by atoms with Gasteiger partial charge in [-0.05, 0) is 56.9 Å². The first kappa shape index (κ1) is 18.2. The second kappa shape index (κ2) is 7.74. The molecule has 0 radical (unpaired) electrons. The monoisotopic (exact) mass is 381 g/mol. The van der Waals surface area contributed by atoms with Crippen LogP contribution in [-0.4, -0.2) is 27.1 Å². The highest BCUT2D eigenvalue weighted by molar-refractivity contribution is 7.86. The van der Waals surface area contributed by atoms with Crippen molar-refractivity contribution < 1.29 is 36.7 Å². The van der Waals surface area contributed by atoms with Gasteiger partial charge in [-0.15, -0.1) is 0 Å². The quantitative estimate of drug-likeness (QED) is 0.576. The molecule has 5 nitrogen and oxygen atoms in total. The van der Waals surface area contributed by atoms with Gasteiger partial charge in [-0.3, -0.25) is 8.98 Å². The molecule has 0 unspecified atom stereocenters. The summed E-state index contributed by atoms with van der Waals surface area (Å²) in [4.78, 5) is 11.4. The fourth-order valence-corrected chi connectivity index (χ4v) is 3.65. The van der Waals surface area contributed by atoms with Crippen molar-refractivity contribution in [3.8, 4) is 0 Å². The fourth-order valence-electron chi connectivity index (χ4n) is 2.52. The molecular weight excluding hydrogens is 361 g/mol. The molecule has 0 spiro atoms. The number of rotatable bonds is 5. The van der Waals surface area contributed by atoms with Gasteiger partial charge in [0.15, 0.2) is 0 Å². The molecule has 0 saturated heterocycles. The van der Waals surface area contributed by atoms with Crippen LogP contribution in [0.2, 0.25) is 0 Å². The van der Waals surface area contributed by atoms with Gasteiger partial charge in [0, 0.05) is 1.37 Å². The molecule has 1 fully saturated rings. The highest BCUT2D eigenvalue weighted by atomic mass is 32.2. The van der Waals surface area contributed by atoms with Gasteiger partial charge < -0.3 is 4.74 Å². The van der Waals surface area contributed by atoms with E-state index < -0.39 is 39.8 Å². The van der Waals surface area contributed by atoms with Gasteiger partial charge in [0.1, 0.15) is 0 Å². The maximum absolute atomic E-state index is 12.5. The molecule has 1 aliphatic rings. The van der Waals surface area contributed by atoms with Gasteiger partial charge in [-0.25, -0.2) is 0 Å². The number of halogens is 3. The van der Waals surface area contributed by atoms with E-state index in [-0.39, 0.29) is 37.2 Å². The molecule has 140 valence electrons. The van der Waals surface area contributed by atoms with Crippen molar-refractivity contribution in [2.75, 3.05) is 6.61 Å². The number of carbonyl (C=O) groups excluding carboxylic acids is 1. The number of hydrogen-bond donors (Lipinski definition) is 0. The van der Waals surface area contributed by atoms with Crippen LogP contribution in [0.3, 0.4) is 0 Å². The van der Waals surface area contributed by atoms with Crippen molar-refractivity contribution in [1.82, 2.24) is 0 Å². The maximum atomic E-state index is 12.5. The van der Waals surface area contributed by atoms with E-state index in [1.165, 1.54) is 0 Å². The van der Waals surface area contributed by atoms with Crippen molar-refractivity contribution in [1.29, 1.82) is 0 Å². The van der Waals surface area contributed by atoms with Crippen LogP contribution in [0.15, 0.2) is 29.2 Å². The number of esters is 1. The van der Waals surface area contributed by atoms with Crippen LogP contribution in [0.1, 0.15) is 39.5 Å². The third-order valence-electron chi connectivity index (χ3n) is 3.83. The molecule has 1 saturated carbocycles. The number of benzene rings is 1. The molecule has 0 heterocycles. The average Bonchev–Trinajstić information content (AvgIpc) is 2.56. The van der Waals surface area contributed by atoms with Gasteiger partial charge in [0.2, 0.25) is 0 Å². The van der Waals surface area contributed by atoms with E-state index in [0.29, 0.717) is 12.1 Å². The molecule has 9 heteroatoms. The molecule has 1 aromatic rings. The van der Waals surface area contributed by atoms with Crippen LogP contribution in [0, 0.1) is 5.89 Å². The van der Waals surface area contributed by atoms with Crippen LogP contribution >= 0.6 is 0 Å². The van der Waals surface area contributed by atoms with E-state index in [9.17, 15) is 26.4 Å². The Balaban J connectivity index is 2.02. The number of ether oxygens (including phenoxy) is 1. The molecule has 0 atom stereocenters. The number of carbonyl (C=O) groups is 1. The van der Waals surface area contributed by atoms with Crippen LogP contribution in [-0.2, 0) is 30.0 Å². The highest BCUT2D eigenvalue weighted by Gasteiger charge is 2.33. The third-order valence-corrected chi connectivity index (χ3v) is 5.21. The summed E-state index contributed by atoms with van der Waals surface area (Å²) in [6.07, 6.45) is -4.82. The Kier molecular flexibility index (Phi) is 5.63. The topological polar surface area (TPSA) is 69.7 Å². The average molecular weight is 381 g/mol. The summed E-state index contributed by atoms with van der Waals surface area (Å²) in [6, 6.07) is 3.03. The van der Waals surface area contributed by atoms with Gasteiger partial charge in [-0.2, -0.15) is 21.6 Å². The van der Waals surface area contributed by atoms with Crippen LogP contribution in [0.5, 0.6) is 0 Å². The first-order valence-corrected chi connectivity index (χ1v) is 9.16. The van der Waals surface area contributed by atoms with Crippen molar-refractivity contribution in [3.05, 3.63) is 29.8 Å². The molecule has 0 N–H and O–H groups in total. The van der Waals surface area contributed by atoms with E-state index in [1.54, 1.807) is 6.92 Å². The molecule has 0 aromatic heterocycles. The lowest BCUT2D eigenvalue weighted by atomic mass is 9.87. The lowest BCUT2D eigenvalue weighted by Crippen LogP contribution is -2.29. The number of hydrogen-bond acceptors (Lipinski definition) is 5. The standard InChI is InChI=1S/C16H19F3O5S/c1-2-23-15(20)11-3-7-13(8-4-11)24-25(21,22)14-9-5-12(6-10-14)16(17,18)19/h5-6,9-11,13H,2-4,7-8H2,1H3/i11D. The summed E-state index contributed by atoms with van der Waals surface area (Å²) in [5.41, 5.74) is -0.956. The van der Waals surface area contributed by atoms with E-state index >= 15 is 0 Å². The first-order valence-electron chi connectivity index (χ1n) is 8.26. The molecule has 0 aliphatic heterocycles. The molecule has 2 rings (SSSR count). The summed E-state index contributed by atoms with van der Waals surface area (Å²) >= 11 is 0. The minimum Gasteiger partial charge on any atom is -0.466 e. The second-order valence-corrected chi connectivity index (χ2v) is 7.17. The molecule has 25 heavy (non-hydrogen) atoms. The fraction of sp³-hybridized carbons (Fsp3) is 0.562. The largest absolute Gasteiger partial charge is 0.466 e. The maximum Gasteiger partial charge on any atom is 0.416 e. The summed E-state index contributed by atoms with van der Waals surface area (Å²) in [6.45, 7) is 1.79. The normalized spacial score (nSPS) is 25.3. The van der Waals surface area contributed by atoms with Crippen LogP contribution in [0.4, 0.5) is 13.2 Å². The summed E-state index contributed by atoms with van der Waals surface area (Å²) in [5.74, 6) is -2.07. The van der Waals surface area contributed by atoms with Crippen molar-refractivity contribution in [2.45, 2.75) is 49.8 Å².